The van der Waals surface area contributed by atoms with E-state index in [-0.39, 0.29) is 22.7 Å². The number of piperidine rings is 2. The average molecular weight is 447 g/mol. The quantitative estimate of drug-likeness (QED) is 0.756. The van der Waals surface area contributed by atoms with E-state index in [4.69, 9.17) is 4.74 Å². The molecule has 174 valence electrons. The van der Waals surface area contributed by atoms with Crippen molar-refractivity contribution in [3.05, 3.63) is 65.7 Å². The van der Waals surface area contributed by atoms with Crippen LogP contribution in [0.3, 0.4) is 0 Å². The van der Waals surface area contributed by atoms with Crippen LogP contribution in [0.15, 0.2) is 54.6 Å². The van der Waals surface area contributed by atoms with Gasteiger partial charge in [0.05, 0.1) is 12.5 Å². The summed E-state index contributed by atoms with van der Waals surface area (Å²) >= 11 is 0. The first-order valence-electron chi connectivity index (χ1n) is 12.3. The number of rotatable bonds is 4. The highest BCUT2D eigenvalue weighted by Gasteiger charge is 2.50. The lowest BCUT2D eigenvalue weighted by Gasteiger charge is -2.50. The van der Waals surface area contributed by atoms with E-state index < -0.39 is 0 Å². The highest BCUT2D eigenvalue weighted by atomic mass is 16.5. The molecule has 2 amide bonds. The van der Waals surface area contributed by atoms with Gasteiger partial charge in [0.2, 0.25) is 11.8 Å². The summed E-state index contributed by atoms with van der Waals surface area (Å²) in [6, 6.07) is 18.6. The molecular weight excluding hydrogens is 412 g/mol. The Bertz CT molecular complexity index is 988. The van der Waals surface area contributed by atoms with Gasteiger partial charge in [0.25, 0.3) is 0 Å². The van der Waals surface area contributed by atoms with E-state index in [0.29, 0.717) is 18.9 Å². The third kappa shape index (κ3) is 3.92. The molecule has 1 spiro atoms. The summed E-state index contributed by atoms with van der Waals surface area (Å²) in [7, 11) is 1.68. The standard InChI is InChI=1S/C28H34N2O3/c1-33-23-11-9-21(10-12-23)24-20-29-25(31)19-27(24)15-17-30(18-16-27)26(32)28(13-5-6-14-28)22-7-3-2-4-8-22/h2-4,7-12,24H,5-6,13-20H2,1H3,(H,29,31)/t24-/m0/s1. The lowest BCUT2D eigenvalue weighted by molar-refractivity contribution is -0.141. The molecule has 2 aromatic rings. The maximum absolute atomic E-state index is 13.9. The van der Waals surface area contributed by atoms with Crippen molar-refractivity contribution >= 4 is 11.8 Å². The van der Waals surface area contributed by atoms with Crippen LogP contribution in [0.2, 0.25) is 0 Å². The van der Waals surface area contributed by atoms with Gasteiger partial charge in [-0.1, -0.05) is 55.3 Å². The molecule has 33 heavy (non-hydrogen) atoms. The molecule has 1 aliphatic carbocycles. The Morgan fingerprint density at radius 3 is 2.27 bits per heavy atom. The van der Waals surface area contributed by atoms with E-state index in [2.05, 4.69) is 34.5 Å². The van der Waals surface area contributed by atoms with Gasteiger partial charge in [0, 0.05) is 32.0 Å². The third-order valence-corrected chi connectivity index (χ3v) is 8.51. The van der Waals surface area contributed by atoms with E-state index >= 15 is 0 Å². The van der Waals surface area contributed by atoms with Crippen LogP contribution in [0, 0.1) is 5.41 Å². The van der Waals surface area contributed by atoms with Crippen LogP contribution >= 0.6 is 0 Å². The first-order valence-corrected chi connectivity index (χ1v) is 12.3. The summed E-state index contributed by atoms with van der Waals surface area (Å²) < 4.78 is 5.33. The van der Waals surface area contributed by atoms with E-state index in [1.165, 1.54) is 11.1 Å². The number of hydrogen-bond donors (Lipinski definition) is 1. The minimum absolute atomic E-state index is 0.0940. The van der Waals surface area contributed by atoms with Crippen LogP contribution in [-0.2, 0) is 15.0 Å². The summed E-state index contributed by atoms with van der Waals surface area (Å²) in [4.78, 5) is 28.5. The number of ether oxygens (including phenoxy) is 1. The molecule has 0 unspecified atom stereocenters. The molecule has 0 radical (unpaired) electrons. The minimum Gasteiger partial charge on any atom is -0.497 e. The third-order valence-electron chi connectivity index (χ3n) is 8.51. The van der Waals surface area contributed by atoms with Crippen molar-refractivity contribution in [3.63, 3.8) is 0 Å². The van der Waals surface area contributed by atoms with E-state index in [0.717, 1.165) is 57.4 Å². The van der Waals surface area contributed by atoms with Crippen molar-refractivity contribution < 1.29 is 14.3 Å². The molecule has 5 nitrogen and oxygen atoms in total. The zero-order chi connectivity index (χ0) is 22.9. The highest BCUT2D eigenvalue weighted by molar-refractivity contribution is 5.89. The van der Waals surface area contributed by atoms with Gasteiger partial charge in [-0.2, -0.15) is 0 Å². The molecule has 3 fully saturated rings. The second-order valence-corrected chi connectivity index (χ2v) is 10.1. The van der Waals surface area contributed by atoms with Crippen LogP contribution in [-0.4, -0.2) is 43.5 Å². The first-order chi connectivity index (χ1) is 16.1. The van der Waals surface area contributed by atoms with Crippen molar-refractivity contribution in [2.75, 3.05) is 26.7 Å². The monoisotopic (exact) mass is 446 g/mol. The molecule has 2 heterocycles. The Morgan fingerprint density at radius 1 is 0.970 bits per heavy atom. The Hall–Kier alpha value is -2.82. The fourth-order valence-corrected chi connectivity index (χ4v) is 6.59. The van der Waals surface area contributed by atoms with Gasteiger partial charge in [-0.15, -0.1) is 0 Å². The van der Waals surface area contributed by atoms with Gasteiger partial charge < -0.3 is 15.0 Å². The number of nitrogens with one attached hydrogen (secondary N) is 1. The molecule has 2 saturated heterocycles. The molecule has 2 aromatic carbocycles. The van der Waals surface area contributed by atoms with Crippen LogP contribution in [0.5, 0.6) is 5.75 Å². The highest BCUT2D eigenvalue weighted by Crippen LogP contribution is 2.50. The number of benzene rings is 2. The van der Waals surface area contributed by atoms with Crippen molar-refractivity contribution in [3.8, 4) is 5.75 Å². The fraction of sp³-hybridized carbons (Fsp3) is 0.500. The number of nitrogens with zero attached hydrogens (tertiary/aromatic N) is 1. The zero-order valence-corrected chi connectivity index (χ0v) is 19.5. The lowest BCUT2D eigenvalue weighted by Crippen LogP contribution is -2.55. The molecule has 0 aromatic heterocycles. The topological polar surface area (TPSA) is 58.6 Å². The van der Waals surface area contributed by atoms with E-state index in [1.54, 1.807) is 7.11 Å². The predicted molar refractivity (Wildman–Crippen MR) is 128 cm³/mol. The van der Waals surface area contributed by atoms with E-state index in [9.17, 15) is 9.59 Å². The summed E-state index contributed by atoms with van der Waals surface area (Å²) in [6.07, 6.45) is 6.37. The molecule has 1 atom stereocenters. The van der Waals surface area contributed by atoms with Gasteiger partial charge in [0.15, 0.2) is 0 Å². The number of hydrogen-bond acceptors (Lipinski definition) is 3. The first kappa shape index (κ1) is 22.0. The lowest BCUT2D eigenvalue weighted by atomic mass is 9.62. The Morgan fingerprint density at radius 2 is 1.64 bits per heavy atom. The van der Waals surface area contributed by atoms with Gasteiger partial charge in [-0.3, -0.25) is 9.59 Å². The smallest absolute Gasteiger partial charge is 0.233 e. The SMILES string of the molecule is COc1ccc([C@@H]2CNC(=O)CC23CCN(C(=O)C2(c4ccccc4)CCCC2)CC3)cc1. The molecule has 1 N–H and O–H groups in total. The summed E-state index contributed by atoms with van der Waals surface area (Å²) in [5.74, 6) is 1.53. The molecule has 2 aliphatic heterocycles. The average Bonchev–Trinajstić information content (AvgIpc) is 3.36. The molecule has 3 aliphatic rings. The van der Waals surface area contributed by atoms with Gasteiger partial charge >= 0.3 is 0 Å². The normalized spacial score (nSPS) is 23.8. The zero-order valence-electron chi connectivity index (χ0n) is 19.5. The molecule has 1 saturated carbocycles. The number of likely N-dealkylation sites (tertiary alicyclic amines) is 1. The number of amides is 2. The van der Waals surface area contributed by atoms with Crippen molar-refractivity contribution in [2.24, 2.45) is 5.41 Å². The number of carbonyl (C=O) groups is 2. The van der Waals surface area contributed by atoms with Crippen molar-refractivity contribution in [2.45, 2.75) is 56.3 Å². The summed E-state index contributed by atoms with van der Waals surface area (Å²) in [6.45, 7) is 2.12. The van der Waals surface area contributed by atoms with Crippen molar-refractivity contribution in [1.82, 2.24) is 10.2 Å². The summed E-state index contributed by atoms with van der Waals surface area (Å²) in [5, 5.41) is 3.09. The van der Waals surface area contributed by atoms with Crippen LogP contribution < -0.4 is 10.1 Å². The summed E-state index contributed by atoms with van der Waals surface area (Å²) in [5.41, 5.74) is 1.95. The molecular formula is C28H34N2O3. The van der Waals surface area contributed by atoms with E-state index in [1.807, 2.05) is 30.3 Å². The van der Waals surface area contributed by atoms with Gasteiger partial charge in [-0.05, 0) is 54.4 Å². The second kappa shape index (κ2) is 8.85. The minimum atomic E-state index is -0.370. The molecule has 5 heteroatoms. The Labute approximate surface area is 196 Å². The molecule has 0 bridgehead atoms. The Balaban J connectivity index is 1.36. The van der Waals surface area contributed by atoms with Gasteiger partial charge in [-0.25, -0.2) is 0 Å². The fourth-order valence-electron chi connectivity index (χ4n) is 6.59. The van der Waals surface area contributed by atoms with Crippen LogP contribution in [0.25, 0.3) is 0 Å². The van der Waals surface area contributed by atoms with Gasteiger partial charge in [0.1, 0.15) is 5.75 Å². The maximum Gasteiger partial charge on any atom is 0.233 e. The maximum atomic E-state index is 13.9. The van der Waals surface area contributed by atoms with Crippen molar-refractivity contribution in [1.29, 1.82) is 0 Å². The van der Waals surface area contributed by atoms with Crippen LogP contribution in [0.4, 0.5) is 0 Å². The molecule has 5 rings (SSSR count). The largest absolute Gasteiger partial charge is 0.497 e. The van der Waals surface area contributed by atoms with Crippen LogP contribution in [0.1, 0.15) is 62.0 Å². The number of carbonyl (C=O) groups excluding carboxylic acids is 2. The number of methoxy groups -OCH3 is 1. The second-order valence-electron chi connectivity index (χ2n) is 10.1. The predicted octanol–water partition coefficient (Wildman–Crippen LogP) is 4.42. The Kier molecular flexibility index (Phi) is 5.90.